The molecule has 5 heteroatoms. The highest BCUT2D eigenvalue weighted by Crippen LogP contribution is 2.33. The molecule has 114 valence electrons. The van der Waals surface area contributed by atoms with Crippen LogP contribution in [0.4, 0.5) is 10.1 Å². The highest BCUT2D eigenvalue weighted by Gasteiger charge is 2.22. The number of hydrogen-bond donors (Lipinski definition) is 1. The molecule has 1 N–H and O–H groups in total. The molecule has 2 aromatic rings. The van der Waals surface area contributed by atoms with Crippen LogP contribution in [0, 0.1) is 11.7 Å². The molecule has 1 aromatic carbocycles. The highest BCUT2D eigenvalue weighted by molar-refractivity contribution is 7.98. The van der Waals surface area contributed by atoms with E-state index in [4.69, 9.17) is 0 Å². The van der Waals surface area contributed by atoms with Gasteiger partial charge in [0.15, 0.2) is 6.29 Å². The molecular formula is C17H17FN2OS. The Kier molecular flexibility index (Phi) is 4.43. The SMILES string of the molecule is CSc1cc(NCC2CC2)c(C=O)c(-c2ccccc2F)n1. The first-order valence-electron chi connectivity index (χ1n) is 7.26. The standard InChI is InChI=1S/C17H17FN2OS/c1-22-16-8-15(19-9-11-6-7-11)13(10-21)17(20-16)12-4-2-3-5-14(12)18/h2-5,8,10-11H,6-7,9H2,1H3,(H,19,20). The quantitative estimate of drug-likeness (QED) is 0.639. The van der Waals surface area contributed by atoms with E-state index in [9.17, 15) is 9.18 Å². The van der Waals surface area contributed by atoms with Gasteiger partial charge in [0, 0.05) is 17.8 Å². The lowest BCUT2D eigenvalue weighted by Crippen LogP contribution is -2.08. The van der Waals surface area contributed by atoms with E-state index in [-0.39, 0.29) is 5.82 Å². The van der Waals surface area contributed by atoms with Crippen LogP contribution in [-0.2, 0) is 0 Å². The summed E-state index contributed by atoms with van der Waals surface area (Å²) in [4.78, 5) is 16.0. The molecule has 22 heavy (non-hydrogen) atoms. The van der Waals surface area contributed by atoms with Crippen LogP contribution in [0.3, 0.4) is 0 Å². The maximum Gasteiger partial charge on any atom is 0.154 e. The fraction of sp³-hybridized carbons (Fsp3) is 0.294. The molecule has 1 fully saturated rings. The Morgan fingerprint density at radius 3 is 2.82 bits per heavy atom. The number of benzene rings is 1. The first-order valence-corrected chi connectivity index (χ1v) is 8.48. The third-order valence-electron chi connectivity index (χ3n) is 3.77. The lowest BCUT2D eigenvalue weighted by atomic mass is 10.0. The van der Waals surface area contributed by atoms with Crippen molar-refractivity contribution < 1.29 is 9.18 Å². The zero-order chi connectivity index (χ0) is 15.5. The number of nitrogens with zero attached hydrogens (tertiary/aromatic N) is 1. The molecule has 0 bridgehead atoms. The number of aldehydes is 1. The molecule has 0 saturated heterocycles. The minimum atomic E-state index is -0.371. The van der Waals surface area contributed by atoms with Crippen molar-refractivity contribution in [3.8, 4) is 11.3 Å². The van der Waals surface area contributed by atoms with E-state index in [0.717, 1.165) is 23.5 Å². The normalized spacial score (nSPS) is 13.9. The summed E-state index contributed by atoms with van der Waals surface area (Å²) in [5.41, 5.74) is 1.91. The molecule has 1 aromatic heterocycles. The number of pyridine rings is 1. The van der Waals surface area contributed by atoms with Crippen molar-refractivity contribution in [1.29, 1.82) is 0 Å². The van der Waals surface area contributed by atoms with Crippen LogP contribution >= 0.6 is 11.8 Å². The van der Waals surface area contributed by atoms with E-state index in [2.05, 4.69) is 10.3 Å². The van der Waals surface area contributed by atoms with Gasteiger partial charge < -0.3 is 5.32 Å². The Bertz CT molecular complexity index is 701. The van der Waals surface area contributed by atoms with Crippen LogP contribution < -0.4 is 5.32 Å². The van der Waals surface area contributed by atoms with Gasteiger partial charge in [0.1, 0.15) is 5.82 Å². The van der Waals surface area contributed by atoms with Gasteiger partial charge >= 0.3 is 0 Å². The first-order chi connectivity index (χ1) is 10.7. The number of aromatic nitrogens is 1. The first kappa shape index (κ1) is 15.0. The van der Waals surface area contributed by atoms with Gasteiger partial charge in [-0.1, -0.05) is 12.1 Å². The minimum Gasteiger partial charge on any atom is -0.384 e. The molecule has 0 spiro atoms. The number of nitrogens with one attached hydrogen (secondary N) is 1. The number of hydrogen-bond acceptors (Lipinski definition) is 4. The van der Waals surface area contributed by atoms with Gasteiger partial charge in [0.05, 0.1) is 16.3 Å². The molecule has 1 saturated carbocycles. The monoisotopic (exact) mass is 316 g/mol. The molecule has 3 nitrogen and oxygen atoms in total. The highest BCUT2D eigenvalue weighted by atomic mass is 32.2. The van der Waals surface area contributed by atoms with Crippen molar-refractivity contribution >= 4 is 23.7 Å². The number of thioether (sulfide) groups is 1. The largest absolute Gasteiger partial charge is 0.384 e. The fourth-order valence-corrected chi connectivity index (χ4v) is 2.75. The average molecular weight is 316 g/mol. The van der Waals surface area contributed by atoms with Gasteiger partial charge in [-0.25, -0.2) is 9.37 Å². The van der Waals surface area contributed by atoms with Crippen molar-refractivity contribution in [2.24, 2.45) is 5.92 Å². The van der Waals surface area contributed by atoms with E-state index in [1.54, 1.807) is 18.2 Å². The molecule has 0 unspecified atom stereocenters. The molecule has 0 radical (unpaired) electrons. The molecule has 0 atom stereocenters. The molecule has 3 rings (SSSR count). The molecular weight excluding hydrogens is 299 g/mol. The lowest BCUT2D eigenvalue weighted by molar-refractivity contribution is 0.112. The van der Waals surface area contributed by atoms with E-state index in [1.165, 1.54) is 30.7 Å². The second-order valence-corrected chi connectivity index (χ2v) is 6.22. The minimum absolute atomic E-state index is 0.356. The van der Waals surface area contributed by atoms with Gasteiger partial charge in [-0.2, -0.15) is 0 Å². The number of rotatable bonds is 6. The van der Waals surface area contributed by atoms with Crippen LogP contribution in [0.15, 0.2) is 35.4 Å². The Morgan fingerprint density at radius 1 is 1.41 bits per heavy atom. The smallest absolute Gasteiger partial charge is 0.154 e. The third kappa shape index (κ3) is 3.14. The maximum atomic E-state index is 14.1. The lowest BCUT2D eigenvalue weighted by Gasteiger charge is -2.14. The Hall–Kier alpha value is -1.88. The summed E-state index contributed by atoms with van der Waals surface area (Å²) in [7, 11) is 0. The number of carbonyl (C=O) groups is 1. The fourth-order valence-electron chi connectivity index (χ4n) is 2.34. The van der Waals surface area contributed by atoms with Gasteiger partial charge in [0.2, 0.25) is 0 Å². The topological polar surface area (TPSA) is 42.0 Å². The van der Waals surface area contributed by atoms with Gasteiger partial charge in [-0.15, -0.1) is 11.8 Å². The average Bonchev–Trinajstić information content (AvgIpc) is 3.36. The summed E-state index contributed by atoms with van der Waals surface area (Å²) >= 11 is 1.48. The van der Waals surface area contributed by atoms with Gasteiger partial charge in [-0.3, -0.25) is 4.79 Å². The number of halogens is 1. The molecule has 1 aliphatic rings. The van der Waals surface area contributed by atoms with Crippen LogP contribution in [-0.4, -0.2) is 24.1 Å². The predicted molar refractivity (Wildman–Crippen MR) is 88.0 cm³/mol. The second kappa shape index (κ2) is 6.48. The molecule has 1 heterocycles. The Labute approximate surface area is 133 Å². The maximum absolute atomic E-state index is 14.1. The van der Waals surface area contributed by atoms with Crippen molar-refractivity contribution in [1.82, 2.24) is 4.98 Å². The summed E-state index contributed by atoms with van der Waals surface area (Å²) < 4.78 is 14.1. The van der Waals surface area contributed by atoms with Gasteiger partial charge in [0.25, 0.3) is 0 Å². The van der Waals surface area contributed by atoms with Crippen LogP contribution in [0.1, 0.15) is 23.2 Å². The van der Waals surface area contributed by atoms with E-state index in [0.29, 0.717) is 22.7 Å². The summed E-state index contributed by atoms with van der Waals surface area (Å²) in [6, 6.07) is 8.27. The van der Waals surface area contributed by atoms with E-state index < -0.39 is 0 Å². The summed E-state index contributed by atoms with van der Waals surface area (Å²) in [5, 5.41) is 4.09. The number of anilines is 1. The second-order valence-electron chi connectivity index (χ2n) is 5.40. The van der Waals surface area contributed by atoms with Crippen LogP contribution in [0.5, 0.6) is 0 Å². The molecule has 0 amide bonds. The van der Waals surface area contributed by atoms with Crippen LogP contribution in [0.25, 0.3) is 11.3 Å². The zero-order valence-electron chi connectivity index (χ0n) is 12.3. The van der Waals surface area contributed by atoms with Crippen LogP contribution in [0.2, 0.25) is 0 Å². The Balaban J connectivity index is 2.08. The third-order valence-corrected chi connectivity index (χ3v) is 4.40. The van der Waals surface area contributed by atoms with Crippen molar-refractivity contribution in [2.75, 3.05) is 18.1 Å². The summed E-state index contributed by atoms with van der Waals surface area (Å²) in [5.74, 6) is 0.312. The van der Waals surface area contributed by atoms with E-state index >= 15 is 0 Å². The zero-order valence-corrected chi connectivity index (χ0v) is 13.1. The van der Waals surface area contributed by atoms with Crippen molar-refractivity contribution in [2.45, 2.75) is 17.9 Å². The van der Waals surface area contributed by atoms with Gasteiger partial charge in [-0.05, 0) is 43.2 Å². The molecule has 0 aliphatic heterocycles. The summed E-state index contributed by atoms with van der Waals surface area (Å²) in [6.07, 6.45) is 5.13. The van der Waals surface area contributed by atoms with E-state index in [1.807, 2.05) is 12.3 Å². The summed E-state index contributed by atoms with van der Waals surface area (Å²) in [6.45, 7) is 0.843. The predicted octanol–water partition coefficient (Wildman–Crippen LogP) is 4.24. The Morgan fingerprint density at radius 2 is 2.18 bits per heavy atom. The number of carbonyl (C=O) groups excluding carboxylic acids is 1. The molecule has 1 aliphatic carbocycles. The van der Waals surface area contributed by atoms with Crippen molar-refractivity contribution in [3.63, 3.8) is 0 Å². The van der Waals surface area contributed by atoms with Crippen molar-refractivity contribution in [3.05, 3.63) is 41.7 Å².